The van der Waals surface area contributed by atoms with Crippen LogP contribution in [0.1, 0.15) is 18.4 Å². The molecule has 0 spiro atoms. The average Bonchev–Trinajstić information content (AvgIpc) is 2.33. The van der Waals surface area contributed by atoms with Gasteiger partial charge in [0.25, 0.3) is 0 Å². The van der Waals surface area contributed by atoms with Gasteiger partial charge < -0.3 is 10.2 Å². The van der Waals surface area contributed by atoms with Crippen LogP contribution in [0.4, 0.5) is 19.0 Å². The maximum absolute atomic E-state index is 12.6. The molecule has 0 saturated carbocycles. The van der Waals surface area contributed by atoms with Gasteiger partial charge in [0.1, 0.15) is 5.82 Å². The highest BCUT2D eigenvalue weighted by Gasteiger charge is 2.31. The molecule has 100 valence electrons. The molecular formula is C11H14F3N3O. The van der Waals surface area contributed by atoms with Crippen molar-refractivity contribution in [3.8, 4) is 5.88 Å². The number of hydrogen-bond acceptors (Lipinski definition) is 4. The van der Waals surface area contributed by atoms with Gasteiger partial charge in [0.2, 0.25) is 5.88 Å². The first-order chi connectivity index (χ1) is 8.47. The van der Waals surface area contributed by atoms with Gasteiger partial charge in [-0.05, 0) is 18.9 Å². The number of nitrogens with one attached hydrogen (secondary N) is 1. The van der Waals surface area contributed by atoms with Crippen LogP contribution in [-0.4, -0.2) is 11.6 Å². The van der Waals surface area contributed by atoms with Crippen molar-refractivity contribution in [2.24, 2.45) is 5.84 Å². The molecule has 0 unspecified atom stereocenters. The lowest BCUT2D eigenvalue weighted by atomic mass is 10.2. The number of pyridine rings is 1. The molecule has 1 aromatic heterocycles. The predicted octanol–water partition coefficient (Wildman–Crippen LogP) is 2.73. The van der Waals surface area contributed by atoms with E-state index in [1.54, 1.807) is 6.08 Å². The third kappa shape index (κ3) is 4.25. The number of allylic oxidation sites excluding steroid dienone is 1. The highest BCUT2D eigenvalue weighted by molar-refractivity contribution is 5.41. The van der Waals surface area contributed by atoms with Gasteiger partial charge >= 0.3 is 6.18 Å². The summed E-state index contributed by atoms with van der Waals surface area (Å²) in [5, 5.41) is 0. The summed E-state index contributed by atoms with van der Waals surface area (Å²) in [6, 6.07) is 1.66. The molecule has 0 aliphatic rings. The van der Waals surface area contributed by atoms with Crippen LogP contribution in [0.3, 0.4) is 0 Å². The molecule has 3 N–H and O–H groups in total. The summed E-state index contributed by atoms with van der Waals surface area (Å²) in [6.45, 7) is 3.80. The Morgan fingerprint density at radius 3 is 2.72 bits per heavy atom. The van der Waals surface area contributed by atoms with Crippen LogP contribution in [0, 0.1) is 0 Å². The molecule has 0 radical (unpaired) electrons. The minimum Gasteiger partial charge on any atom is -0.478 e. The van der Waals surface area contributed by atoms with Gasteiger partial charge in [0.05, 0.1) is 12.2 Å². The number of unbranched alkanes of at least 4 members (excludes halogenated alkanes) is 1. The molecule has 18 heavy (non-hydrogen) atoms. The monoisotopic (exact) mass is 261 g/mol. The maximum atomic E-state index is 12.6. The number of ether oxygens (including phenoxy) is 1. The Labute approximate surface area is 103 Å². The van der Waals surface area contributed by atoms with Crippen LogP contribution in [0.15, 0.2) is 24.8 Å². The lowest BCUT2D eigenvalue weighted by molar-refractivity contribution is -0.137. The number of nitrogens with two attached hydrogens (primary N) is 1. The normalized spacial score (nSPS) is 11.1. The summed E-state index contributed by atoms with van der Waals surface area (Å²) in [5.41, 5.74) is 1.22. The van der Waals surface area contributed by atoms with Crippen LogP contribution >= 0.6 is 0 Å². The molecule has 4 nitrogen and oxygen atoms in total. The van der Waals surface area contributed by atoms with Crippen molar-refractivity contribution < 1.29 is 17.9 Å². The third-order valence-electron chi connectivity index (χ3n) is 2.08. The summed E-state index contributed by atoms with van der Waals surface area (Å²) >= 11 is 0. The Balaban J connectivity index is 2.81. The van der Waals surface area contributed by atoms with Crippen LogP contribution < -0.4 is 16.0 Å². The molecule has 0 saturated heterocycles. The molecule has 0 aromatic carbocycles. The summed E-state index contributed by atoms with van der Waals surface area (Å²) < 4.78 is 42.8. The molecule has 0 amide bonds. The molecule has 0 fully saturated rings. The number of nitrogens with zero attached hydrogens (tertiary/aromatic N) is 1. The van der Waals surface area contributed by atoms with E-state index in [0.29, 0.717) is 6.42 Å². The molecule has 7 heteroatoms. The Kier molecular flexibility index (Phi) is 4.96. The quantitative estimate of drug-likeness (QED) is 0.358. The van der Waals surface area contributed by atoms with Crippen molar-refractivity contribution in [1.29, 1.82) is 0 Å². The highest BCUT2D eigenvalue weighted by Crippen LogP contribution is 2.32. The molecule has 1 heterocycles. The van der Waals surface area contributed by atoms with Crippen molar-refractivity contribution in [2.75, 3.05) is 12.0 Å². The highest BCUT2D eigenvalue weighted by atomic mass is 19.4. The standard InChI is InChI=1S/C11H14F3N3O/c1-2-3-4-5-18-10-7-8(11(12,13)14)6-9(16-10)17-15/h2,6-7H,1,3-5,15H2,(H,16,17). The fourth-order valence-corrected chi connectivity index (χ4v) is 1.22. The van der Waals surface area contributed by atoms with Crippen molar-refractivity contribution >= 4 is 5.82 Å². The van der Waals surface area contributed by atoms with E-state index in [0.717, 1.165) is 18.6 Å². The van der Waals surface area contributed by atoms with Crippen molar-refractivity contribution in [3.63, 3.8) is 0 Å². The number of nitrogen functional groups attached to an aromatic ring is 1. The first-order valence-corrected chi connectivity index (χ1v) is 5.27. The lowest BCUT2D eigenvalue weighted by Crippen LogP contribution is -2.13. The Morgan fingerprint density at radius 1 is 1.44 bits per heavy atom. The van der Waals surface area contributed by atoms with Gasteiger partial charge in [0, 0.05) is 6.07 Å². The lowest BCUT2D eigenvalue weighted by Gasteiger charge is -2.11. The molecule has 1 aromatic rings. The van der Waals surface area contributed by atoms with E-state index in [9.17, 15) is 13.2 Å². The van der Waals surface area contributed by atoms with Crippen molar-refractivity contribution in [1.82, 2.24) is 4.98 Å². The smallest absolute Gasteiger partial charge is 0.416 e. The fourth-order valence-electron chi connectivity index (χ4n) is 1.22. The van der Waals surface area contributed by atoms with Gasteiger partial charge in [-0.1, -0.05) is 6.08 Å². The average molecular weight is 261 g/mol. The van der Waals surface area contributed by atoms with E-state index in [1.807, 2.05) is 0 Å². The maximum Gasteiger partial charge on any atom is 0.416 e. The van der Waals surface area contributed by atoms with Crippen molar-refractivity contribution in [3.05, 3.63) is 30.4 Å². The second kappa shape index (κ2) is 6.25. The van der Waals surface area contributed by atoms with Crippen LogP contribution in [0.25, 0.3) is 0 Å². The summed E-state index contributed by atoms with van der Waals surface area (Å²) in [5.74, 6) is 4.86. The zero-order valence-electron chi connectivity index (χ0n) is 9.63. The number of aromatic nitrogens is 1. The predicted molar refractivity (Wildman–Crippen MR) is 62.0 cm³/mol. The first kappa shape index (κ1) is 14.3. The van der Waals surface area contributed by atoms with Gasteiger partial charge in [-0.25, -0.2) is 5.84 Å². The van der Waals surface area contributed by atoms with E-state index >= 15 is 0 Å². The molecular weight excluding hydrogens is 247 g/mol. The second-order valence-corrected chi connectivity index (χ2v) is 3.50. The van der Waals surface area contributed by atoms with E-state index in [-0.39, 0.29) is 18.3 Å². The van der Waals surface area contributed by atoms with Crippen molar-refractivity contribution in [2.45, 2.75) is 19.0 Å². The molecule has 1 rings (SSSR count). The summed E-state index contributed by atoms with van der Waals surface area (Å²) in [7, 11) is 0. The number of hydrogen-bond donors (Lipinski definition) is 2. The first-order valence-electron chi connectivity index (χ1n) is 5.27. The molecule has 0 atom stereocenters. The Hall–Kier alpha value is -1.76. The van der Waals surface area contributed by atoms with E-state index in [4.69, 9.17) is 10.6 Å². The van der Waals surface area contributed by atoms with E-state index in [1.165, 1.54) is 0 Å². The molecule has 0 bridgehead atoms. The number of halogens is 3. The molecule has 0 aliphatic heterocycles. The van der Waals surface area contributed by atoms with Crippen LogP contribution in [0.2, 0.25) is 0 Å². The Bertz CT molecular complexity index is 407. The largest absolute Gasteiger partial charge is 0.478 e. The SMILES string of the molecule is C=CCCCOc1cc(C(F)(F)F)cc(NN)n1. The fraction of sp³-hybridized carbons (Fsp3) is 0.364. The van der Waals surface area contributed by atoms with E-state index < -0.39 is 11.7 Å². The minimum atomic E-state index is -4.46. The van der Waals surface area contributed by atoms with Crippen LogP contribution in [0.5, 0.6) is 5.88 Å². The van der Waals surface area contributed by atoms with Gasteiger partial charge in [0.15, 0.2) is 0 Å². The Morgan fingerprint density at radius 2 is 2.17 bits per heavy atom. The van der Waals surface area contributed by atoms with Gasteiger partial charge in [-0.3, -0.25) is 0 Å². The summed E-state index contributed by atoms with van der Waals surface area (Å²) in [6.07, 6.45) is -1.38. The minimum absolute atomic E-state index is 0.0939. The number of rotatable bonds is 6. The van der Waals surface area contributed by atoms with Gasteiger partial charge in [-0.2, -0.15) is 18.2 Å². The zero-order chi connectivity index (χ0) is 13.6. The third-order valence-corrected chi connectivity index (χ3v) is 2.08. The molecule has 0 aliphatic carbocycles. The summed E-state index contributed by atoms with van der Waals surface area (Å²) in [4.78, 5) is 3.78. The van der Waals surface area contributed by atoms with Gasteiger partial charge in [-0.15, -0.1) is 6.58 Å². The number of hydrazine groups is 1. The zero-order valence-corrected chi connectivity index (χ0v) is 9.63. The topological polar surface area (TPSA) is 60.2 Å². The second-order valence-electron chi connectivity index (χ2n) is 3.50. The number of alkyl halides is 3. The van der Waals surface area contributed by atoms with Crippen LogP contribution in [-0.2, 0) is 6.18 Å². The number of anilines is 1. The van der Waals surface area contributed by atoms with E-state index in [2.05, 4.69) is 17.0 Å².